The molecule has 3 N–H and O–H groups in total. The van der Waals surface area contributed by atoms with Gasteiger partial charge in [-0.2, -0.15) is 0 Å². The molecule has 2 aliphatic rings. The summed E-state index contributed by atoms with van der Waals surface area (Å²) in [6.45, 7) is 5.44. The van der Waals surface area contributed by atoms with Crippen LogP contribution < -0.4 is 16.0 Å². The molecule has 0 aromatic heterocycles. The minimum Gasteiger partial charge on any atom is -0.444 e. The third-order valence-corrected chi connectivity index (χ3v) is 4.19. The number of carbonyl (C=O) groups excluding carboxylic acids is 3. The molecule has 2 aliphatic carbocycles. The highest BCUT2D eigenvalue weighted by molar-refractivity contribution is 5.87. The lowest BCUT2D eigenvalue weighted by Gasteiger charge is -2.33. The van der Waals surface area contributed by atoms with Crippen LogP contribution >= 0.6 is 0 Å². The summed E-state index contributed by atoms with van der Waals surface area (Å²) in [5.41, 5.74) is -0.551. The molecule has 7 nitrogen and oxygen atoms in total. The van der Waals surface area contributed by atoms with Crippen molar-refractivity contribution in [1.82, 2.24) is 16.0 Å². The summed E-state index contributed by atoms with van der Waals surface area (Å²) in [5.74, 6) is -0.168. The Labute approximate surface area is 143 Å². The van der Waals surface area contributed by atoms with Crippen LogP contribution in [0.3, 0.4) is 0 Å². The summed E-state index contributed by atoms with van der Waals surface area (Å²) < 4.78 is 5.29. The lowest BCUT2D eigenvalue weighted by atomic mass is 9.90. The van der Waals surface area contributed by atoms with Gasteiger partial charge in [0.25, 0.3) is 0 Å². The van der Waals surface area contributed by atoms with Crippen LogP contribution in [0.2, 0.25) is 0 Å². The summed E-state index contributed by atoms with van der Waals surface area (Å²) in [4.78, 5) is 35.6. The van der Waals surface area contributed by atoms with Gasteiger partial charge in [-0.05, 0) is 46.5 Å². The van der Waals surface area contributed by atoms with Crippen LogP contribution in [0.15, 0.2) is 0 Å². The highest BCUT2D eigenvalue weighted by Gasteiger charge is 2.31. The Morgan fingerprint density at radius 3 is 2.08 bits per heavy atom. The molecule has 0 heterocycles. The van der Waals surface area contributed by atoms with E-state index in [0.717, 1.165) is 38.5 Å². The summed E-state index contributed by atoms with van der Waals surface area (Å²) in [5, 5.41) is 8.45. The monoisotopic (exact) mass is 339 g/mol. The van der Waals surface area contributed by atoms with Crippen LogP contribution in [0.5, 0.6) is 0 Å². The van der Waals surface area contributed by atoms with Gasteiger partial charge in [-0.25, -0.2) is 4.79 Å². The molecule has 7 heteroatoms. The highest BCUT2D eigenvalue weighted by atomic mass is 16.6. The molecular formula is C17H29N3O4. The first-order chi connectivity index (χ1) is 11.2. The topological polar surface area (TPSA) is 96.5 Å². The first kappa shape index (κ1) is 18.5. The third kappa shape index (κ3) is 6.37. The minimum absolute atomic E-state index is 0.00894. The van der Waals surface area contributed by atoms with Gasteiger partial charge in [0.15, 0.2) is 0 Å². The first-order valence-corrected chi connectivity index (χ1v) is 8.81. The van der Waals surface area contributed by atoms with Crippen LogP contribution in [-0.2, 0) is 14.3 Å². The number of ether oxygens (including phenoxy) is 1. The number of alkyl carbamates (subject to hydrolysis) is 1. The predicted octanol–water partition coefficient (Wildman–Crippen LogP) is 1.46. The largest absolute Gasteiger partial charge is 0.444 e. The van der Waals surface area contributed by atoms with Gasteiger partial charge in [0.05, 0.1) is 12.6 Å². The van der Waals surface area contributed by atoms with Crippen molar-refractivity contribution in [3.05, 3.63) is 0 Å². The zero-order valence-corrected chi connectivity index (χ0v) is 14.8. The van der Waals surface area contributed by atoms with Crippen LogP contribution in [0.25, 0.3) is 0 Å². The van der Waals surface area contributed by atoms with Crippen molar-refractivity contribution in [3.63, 3.8) is 0 Å². The van der Waals surface area contributed by atoms with Crippen molar-refractivity contribution < 1.29 is 19.1 Å². The maximum absolute atomic E-state index is 12.0. The van der Waals surface area contributed by atoms with Gasteiger partial charge in [-0.3, -0.25) is 9.59 Å². The van der Waals surface area contributed by atoms with Gasteiger partial charge in [0.1, 0.15) is 5.60 Å². The number of nitrogens with one attached hydrogen (secondary N) is 3. The second-order valence-corrected chi connectivity index (χ2v) is 7.70. The molecule has 0 saturated heterocycles. The molecule has 0 aliphatic heterocycles. The zero-order valence-electron chi connectivity index (χ0n) is 14.8. The molecule has 2 rings (SSSR count). The Hall–Kier alpha value is -1.79. The minimum atomic E-state index is -0.551. The molecule has 0 spiro atoms. The SMILES string of the molecule is CC(C)(C)OC(=O)N[C@@H]1CCCC[C@@H]1NC(=O)CNC(=O)C1CC1. The van der Waals surface area contributed by atoms with Crippen LogP contribution in [0.4, 0.5) is 4.79 Å². The molecular weight excluding hydrogens is 310 g/mol. The molecule has 24 heavy (non-hydrogen) atoms. The molecule has 0 aromatic carbocycles. The fourth-order valence-corrected chi connectivity index (χ4v) is 2.85. The molecule has 2 atom stereocenters. The maximum atomic E-state index is 12.0. The van der Waals surface area contributed by atoms with Gasteiger partial charge in [-0.1, -0.05) is 12.8 Å². The van der Waals surface area contributed by atoms with Crippen molar-refractivity contribution >= 4 is 17.9 Å². The summed E-state index contributed by atoms with van der Waals surface area (Å²) in [6, 6.07) is -0.270. The van der Waals surface area contributed by atoms with E-state index in [1.807, 2.05) is 20.8 Å². The Kier molecular flexibility index (Phi) is 6.07. The highest BCUT2D eigenvalue weighted by Crippen LogP contribution is 2.28. The van der Waals surface area contributed by atoms with E-state index in [0.29, 0.717) is 0 Å². The molecule has 2 fully saturated rings. The van der Waals surface area contributed by atoms with Crippen molar-refractivity contribution in [2.45, 2.75) is 77.0 Å². The number of amides is 3. The average molecular weight is 339 g/mol. The maximum Gasteiger partial charge on any atom is 0.407 e. The molecule has 0 radical (unpaired) electrons. The van der Waals surface area contributed by atoms with Gasteiger partial charge < -0.3 is 20.7 Å². The molecule has 0 unspecified atom stereocenters. The second kappa shape index (κ2) is 7.85. The van der Waals surface area contributed by atoms with Gasteiger partial charge in [0.2, 0.25) is 11.8 Å². The van der Waals surface area contributed by atoms with E-state index < -0.39 is 11.7 Å². The third-order valence-electron chi connectivity index (χ3n) is 4.19. The van der Waals surface area contributed by atoms with E-state index in [2.05, 4.69) is 16.0 Å². The van der Waals surface area contributed by atoms with Crippen LogP contribution in [0.1, 0.15) is 59.3 Å². The molecule has 2 saturated carbocycles. The van der Waals surface area contributed by atoms with Gasteiger partial charge in [-0.15, -0.1) is 0 Å². The molecule has 0 aromatic rings. The lowest BCUT2D eigenvalue weighted by Crippen LogP contribution is -2.55. The summed E-state index contributed by atoms with van der Waals surface area (Å²) >= 11 is 0. The molecule has 3 amide bonds. The standard InChI is InChI=1S/C17H29N3O4/c1-17(2,3)24-16(23)20-13-7-5-4-6-12(13)19-14(21)10-18-15(22)11-8-9-11/h11-13H,4-10H2,1-3H3,(H,18,22)(H,19,21)(H,20,23)/t12-,13+/m0/s1. The smallest absolute Gasteiger partial charge is 0.407 e. The van der Waals surface area contributed by atoms with E-state index in [9.17, 15) is 14.4 Å². The Morgan fingerprint density at radius 2 is 1.54 bits per heavy atom. The fourth-order valence-electron chi connectivity index (χ4n) is 2.85. The number of rotatable bonds is 5. The quantitative estimate of drug-likeness (QED) is 0.706. The Bertz CT molecular complexity index is 483. The van der Waals surface area contributed by atoms with Crippen LogP contribution in [-0.4, -0.2) is 42.1 Å². The molecule has 136 valence electrons. The Balaban J connectivity index is 1.78. The van der Waals surface area contributed by atoms with Crippen molar-refractivity contribution in [3.8, 4) is 0 Å². The number of carbonyl (C=O) groups is 3. The van der Waals surface area contributed by atoms with E-state index >= 15 is 0 Å². The lowest BCUT2D eigenvalue weighted by molar-refractivity contribution is -0.127. The van der Waals surface area contributed by atoms with Crippen LogP contribution in [0, 0.1) is 5.92 Å². The average Bonchev–Trinajstić information content (AvgIpc) is 3.29. The predicted molar refractivity (Wildman–Crippen MR) is 89.3 cm³/mol. The first-order valence-electron chi connectivity index (χ1n) is 8.81. The molecule has 0 bridgehead atoms. The summed E-state index contributed by atoms with van der Waals surface area (Å²) in [6.07, 6.45) is 4.99. The van der Waals surface area contributed by atoms with Crippen molar-refractivity contribution in [2.24, 2.45) is 5.92 Å². The van der Waals surface area contributed by atoms with E-state index in [-0.39, 0.29) is 36.4 Å². The van der Waals surface area contributed by atoms with Crippen molar-refractivity contribution in [2.75, 3.05) is 6.54 Å². The van der Waals surface area contributed by atoms with E-state index in [1.165, 1.54) is 0 Å². The second-order valence-electron chi connectivity index (χ2n) is 7.70. The van der Waals surface area contributed by atoms with E-state index in [4.69, 9.17) is 4.74 Å². The van der Waals surface area contributed by atoms with E-state index in [1.54, 1.807) is 0 Å². The van der Waals surface area contributed by atoms with Gasteiger partial charge in [0, 0.05) is 12.0 Å². The van der Waals surface area contributed by atoms with Crippen molar-refractivity contribution in [1.29, 1.82) is 0 Å². The number of hydrogen-bond acceptors (Lipinski definition) is 4. The zero-order chi connectivity index (χ0) is 17.7. The Morgan fingerprint density at radius 1 is 0.958 bits per heavy atom. The summed E-state index contributed by atoms with van der Waals surface area (Å²) in [7, 11) is 0. The van der Waals surface area contributed by atoms with Gasteiger partial charge >= 0.3 is 6.09 Å². The normalized spacial score (nSPS) is 24.0. The fraction of sp³-hybridized carbons (Fsp3) is 0.824. The number of hydrogen-bond donors (Lipinski definition) is 3.